The maximum Gasteiger partial charge on any atom is 0.227 e. The van der Waals surface area contributed by atoms with Gasteiger partial charge < -0.3 is 10.2 Å². The SMILES string of the molecule is N#CCCN(C(=O)CCC(=O)NC(c1ccccc1)c1ccccc1)c1ccccc1. The lowest BCUT2D eigenvalue weighted by molar-refractivity contribution is -0.125. The van der Waals surface area contributed by atoms with Crippen LogP contribution in [0.3, 0.4) is 0 Å². The summed E-state index contributed by atoms with van der Waals surface area (Å²) in [6.45, 7) is 0.303. The Morgan fingerprint density at radius 1 is 0.806 bits per heavy atom. The van der Waals surface area contributed by atoms with Crippen molar-refractivity contribution < 1.29 is 9.59 Å². The van der Waals surface area contributed by atoms with Crippen LogP contribution in [-0.4, -0.2) is 18.4 Å². The molecule has 0 saturated heterocycles. The van der Waals surface area contributed by atoms with Gasteiger partial charge in [-0.1, -0.05) is 78.9 Å². The molecule has 0 fully saturated rings. The summed E-state index contributed by atoms with van der Waals surface area (Å²) in [5.74, 6) is -0.369. The molecule has 31 heavy (non-hydrogen) atoms. The Morgan fingerprint density at radius 3 is 1.84 bits per heavy atom. The van der Waals surface area contributed by atoms with Crippen molar-refractivity contribution in [1.29, 1.82) is 5.26 Å². The Kier molecular flexibility index (Phi) is 7.96. The first-order chi connectivity index (χ1) is 15.2. The topological polar surface area (TPSA) is 73.2 Å². The number of amides is 2. The molecule has 3 aromatic rings. The lowest BCUT2D eigenvalue weighted by Crippen LogP contribution is -2.34. The number of carbonyl (C=O) groups excluding carboxylic acids is 2. The first-order valence-electron chi connectivity index (χ1n) is 10.3. The van der Waals surface area contributed by atoms with Gasteiger partial charge in [-0.15, -0.1) is 0 Å². The predicted octanol–water partition coefficient (Wildman–Crippen LogP) is 4.62. The van der Waals surface area contributed by atoms with Crippen LogP contribution in [0.5, 0.6) is 0 Å². The average molecular weight is 412 g/mol. The molecule has 5 nitrogen and oxygen atoms in total. The van der Waals surface area contributed by atoms with Crippen molar-refractivity contribution in [2.24, 2.45) is 0 Å². The molecule has 0 aliphatic heterocycles. The molecule has 3 aromatic carbocycles. The van der Waals surface area contributed by atoms with Crippen molar-refractivity contribution in [1.82, 2.24) is 5.32 Å². The number of nitriles is 1. The molecule has 0 spiro atoms. The highest BCUT2D eigenvalue weighted by molar-refractivity contribution is 5.95. The van der Waals surface area contributed by atoms with Crippen molar-refractivity contribution in [3.63, 3.8) is 0 Å². The molecule has 3 rings (SSSR count). The second-order valence-electron chi connectivity index (χ2n) is 7.11. The minimum Gasteiger partial charge on any atom is -0.345 e. The van der Waals surface area contributed by atoms with E-state index in [1.807, 2.05) is 91.0 Å². The molecule has 1 N–H and O–H groups in total. The molecule has 5 heteroatoms. The fourth-order valence-electron chi connectivity index (χ4n) is 3.41. The monoisotopic (exact) mass is 411 g/mol. The third kappa shape index (κ3) is 6.28. The second kappa shape index (κ2) is 11.3. The third-order valence-electron chi connectivity index (χ3n) is 4.95. The van der Waals surface area contributed by atoms with E-state index in [4.69, 9.17) is 5.26 Å². The number of nitrogens with one attached hydrogen (secondary N) is 1. The van der Waals surface area contributed by atoms with Crippen LogP contribution in [0, 0.1) is 11.3 Å². The molecule has 0 aromatic heterocycles. The van der Waals surface area contributed by atoms with Gasteiger partial charge in [-0.25, -0.2) is 0 Å². The van der Waals surface area contributed by atoms with Crippen LogP contribution in [0.15, 0.2) is 91.0 Å². The third-order valence-corrected chi connectivity index (χ3v) is 4.95. The molecule has 0 aliphatic carbocycles. The van der Waals surface area contributed by atoms with Gasteiger partial charge in [-0.3, -0.25) is 9.59 Å². The fraction of sp³-hybridized carbons (Fsp3) is 0.192. The van der Waals surface area contributed by atoms with E-state index in [1.54, 1.807) is 4.90 Å². The highest BCUT2D eigenvalue weighted by Crippen LogP contribution is 2.22. The number of rotatable bonds is 9. The van der Waals surface area contributed by atoms with Crippen LogP contribution in [0.2, 0.25) is 0 Å². The summed E-state index contributed by atoms with van der Waals surface area (Å²) in [6.07, 6.45) is 0.379. The zero-order valence-corrected chi connectivity index (χ0v) is 17.3. The Labute approximate surface area is 182 Å². The molecule has 0 bridgehead atoms. The van der Waals surface area contributed by atoms with Crippen LogP contribution in [0.25, 0.3) is 0 Å². The molecule has 156 valence electrons. The van der Waals surface area contributed by atoms with E-state index in [-0.39, 0.29) is 37.1 Å². The van der Waals surface area contributed by atoms with Crippen LogP contribution in [0.4, 0.5) is 5.69 Å². The number of para-hydroxylation sites is 1. The Morgan fingerprint density at radius 2 is 1.32 bits per heavy atom. The molecular weight excluding hydrogens is 386 g/mol. The van der Waals surface area contributed by atoms with Crippen molar-refractivity contribution in [3.05, 3.63) is 102 Å². The van der Waals surface area contributed by atoms with Gasteiger partial charge in [-0.2, -0.15) is 5.26 Å². The Balaban J connectivity index is 1.67. The van der Waals surface area contributed by atoms with Gasteiger partial charge in [-0.05, 0) is 23.3 Å². The molecule has 0 saturated carbocycles. The summed E-state index contributed by atoms with van der Waals surface area (Å²) in [4.78, 5) is 27.1. The van der Waals surface area contributed by atoms with E-state index in [0.29, 0.717) is 6.54 Å². The van der Waals surface area contributed by atoms with Gasteiger partial charge in [0.05, 0.1) is 18.5 Å². The first kappa shape index (κ1) is 21.8. The maximum atomic E-state index is 12.8. The number of hydrogen-bond acceptors (Lipinski definition) is 3. The van der Waals surface area contributed by atoms with Gasteiger partial charge in [0.15, 0.2) is 0 Å². The van der Waals surface area contributed by atoms with E-state index < -0.39 is 0 Å². The fourth-order valence-corrected chi connectivity index (χ4v) is 3.41. The van der Waals surface area contributed by atoms with Crippen LogP contribution < -0.4 is 10.2 Å². The quantitative estimate of drug-likeness (QED) is 0.558. The summed E-state index contributed by atoms with van der Waals surface area (Å²) in [5.41, 5.74) is 2.69. The van der Waals surface area contributed by atoms with Crippen LogP contribution in [0.1, 0.15) is 36.4 Å². The van der Waals surface area contributed by atoms with Crippen molar-refractivity contribution in [3.8, 4) is 6.07 Å². The Hall–Kier alpha value is -3.91. The second-order valence-corrected chi connectivity index (χ2v) is 7.11. The first-order valence-corrected chi connectivity index (χ1v) is 10.3. The molecule has 0 aliphatic rings. The number of nitrogens with zero attached hydrogens (tertiary/aromatic N) is 2. The Bertz CT molecular complexity index is 975. The van der Waals surface area contributed by atoms with Gasteiger partial charge in [0.2, 0.25) is 11.8 Å². The van der Waals surface area contributed by atoms with Gasteiger partial charge in [0, 0.05) is 25.1 Å². The van der Waals surface area contributed by atoms with Crippen LogP contribution in [-0.2, 0) is 9.59 Å². The zero-order chi connectivity index (χ0) is 21.9. The maximum absolute atomic E-state index is 12.8. The minimum atomic E-state index is -0.284. The number of benzene rings is 3. The summed E-state index contributed by atoms with van der Waals surface area (Å²) in [6, 6.07) is 30.5. The highest BCUT2D eigenvalue weighted by atomic mass is 16.2. The normalized spacial score (nSPS) is 10.3. The van der Waals surface area contributed by atoms with Gasteiger partial charge in [0.1, 0.15) is 0 Å². The summed E-state index contributed by atoms with van der Waals surface area (Å²) >= 11 is 0. The smallest absolute Gasteiger partial charge is 0.227 e. The summed E-state index contributed by atoms with van der Waals surface area (Å²) in [7, 11) is 0. The number of hydrogen-bond donors (Lipinski definition) is 1. The lowest BCUT2D eigenvalue weighted by atomic mass is 9.98. The standard InChI is InChI=1S/C26H25N3O2/c27-19-10-20-29(23-15-8-3-9-16-23)25(31)18-17-24(30)28-26(21-11-4-1-5-12-21)22-13-6-2-7-14-22/h1-9,11-16,26H,10,17-18,20H2,(H,28,30). The molecule has 0 heterocycles. The molecule has 0 radical (unpaired) electrons. The summed E-state index contributed by atoms with van der Waals surface area (Å²) in [5, 5.41) is 12.0. The average Bonchev–Trinajstić information content (AvgIpc) is 2.83. The minimum absolute atomic E-state index is 0.0719. The van der Waals surface area contributed by atoms with E-state index >= 15 is 0 Å². The van der Waals surface area contributed by atoms with E-state index in [2.05, 4.69) is 11.4 Å². The van der Waals surface area contributed by atoms with Crippen LogP contribution >= 0.6 is 0 Å². The van der Waals surface area contributed by atoms with Crippen molar-refractivity contribution in [2.75, 3.05) is 11.4 Å². The zero-order valence-electron chi connectivity index (χ0n) is 17.3. The molecule has 0 unspecified atom stereocenters. The largest absolute Gasteiger partial charge is 0.345 e. The summed E-state index contributed by atoms with van der Waals surface area (Å²) < 4.78 is 0. The van der Waals surface area contributed by atoms with Gasteiger partial charge in [0.25, 0.3) is 0 Å². The molecule has 2 amide bonds. The van der Waals surface area contributed by atoms with E-state index in [1.165, 1.54) is 0 Å². The predicted molar refractivity (Wildman–Crippen MR) is 121 cm³/mol. The number of carbonyl (C=O) groups is 2. The van der Waals surface area contributed by atoms with E-state index in [0.717, 1.165) is 16.8 Å². The number of anilines is 1. The lowest BCUT2D eigenvalue weighted by Gasteiger charge is -2.23. The van der Waals surface area contributed by atoms with Gasteiger partial charge >= 0.3 is 0 Å². The van der Waals surface area contributed by atoms with Crippen molar-refractivity contribution in [2.45, 2.75) is 25.3 Å². The molecule has 0 atom stereocenters. The molecular formula is C26H25N3O2. The van der Waals surface area contributed by atoms with Crippen molar-refractivity contribution >= 4 is 17.5 Å². The highest BCUT2D eigenvalue weighted by Gasteiger charge is 2.20. The van der Waals surface area contributed by atoms with E-state index in [9.17, 15) is 9.59 Å².